The number of nitro benzene ring substituents is 1. The van der Waals surface area contributed by atoms with Crippen molar-refractivity contribution < 1.29 is 23.8 Å². The van der Waals surface area contributed by atoms with E-state index in [1.807, 2.05) is 0 Å². The van der Waals surface area contributed by atoms with E-state index < -0.39 is 22.9 Å². The largest absolute Gasteiger partial charge is 0.447 e. The van der Waals surface area contributed by atoms with Crippen molar-refractivity contribution in [3.63, 3.8) is 0 Å². The van der Waals surface area contributed by atoms with E-state index in [9.17, 15) is 19.7 Å². The number of hydrogen-bond donors (Lipinski definition) is 1. The number of nitro groups is 1. The van der Waals surface area contributed by atoms with Gasteiger partial charge in [-0.2, -0.15) is 0 Å². The Morgan fingerprint density at radius 2 is 2.09 bits per heavy atom. The number of aryl methyl sites for hydroxylation is 1. The number of rotatable bonds is 5. The average molecular weight is 319 g/mol. The van der Waals surface area contributed by atoms with E-state index in [0.29, 0.717) is 5.69 Å². The van der Waals surface area contributed by atoms with E-state index in [1.165, 1.54) is 37.3 Å². The second-order valence-electron chi connectivity index (χ2n) is 4.64. The summed E-state index contributed by atoms with van der Waals surface area (Å²) < 4.78 is 9.66. The summed E-state index contributed by atoms with van der Waals surface area (Å²) in [7, 11) is 0. The van der Waals surface area contributed by atoms with E-state index in [2.05, 4.69) is 10.5 Å². The minimum absolute atomic E-state index is 0.0147. The molecule has 1 aromatic heterocycles. The molecule has 0 saturated heterocycles. The summed E-state index contributed by atoms with van der Waals surface area (Å²) in [5.74, 6) is -1.69. The summed E-state index contributed by atoms with van der Waals surface area (Å²) in [6.07, 6.45) is -1.17. The predicted octanol–water partition coefficient (Wildman–Crippen LogP) is 2.08. The number of benzene rings is 1. The van der Waals surface area contributed by atoms with Crippen molar-refractivity contribution in [2.75, 3.05) is 5.32 Å². The fourth-order valence-corrected chi connectivity index (χ4v) is 1.70. The van der Waals surface area contributed by atoms with Gasteiger partial charge in [-0.3, -0.25) is 14.9 Å². The molecule has 1 aromatic carbocycles. The molecule has 0 fully saturated rings. The third kappa shape index (κ3) is 3.90. The Balaban J connectivity index is 2.03. The molecule has 1 amide bonds. The van der Waals surface area contributed by atoms with E-state index in [1.54, 1.807) is 6.92 Å². The lowest BCUT2D eigenvalue weighted by atomic mass is 10.2. The molecule has 0 unspecified atom stereocenters. The summed E-state index contributed by atoms with van der Waals surface area (Å²) in [5.41, 5.74) is 0.250. The first-order chi connectivity index (χ1) is 10.9. The summed E-state index contributed by atoms with van der Waals surface area (Å²) in [6.45, 7) is 2.97. The molecule has 0 saturated carbocycles. The van der Waals surface area contributed by atoms with Crippen molar-refractivity contribution in [2.24, 2.45) is 0 Å². The van der Waals surface area contributed by atoms with Gasteiger partial charge in [-0.15, -0.1) is 0 Å². The van der Waals surface area contributed by atoms with Crippen LogP contribution in [0.4, 0.5) is 11.4 Å². The van der Waals surface area contributed by atoms with Gasteiger partial charge in [0, 0.05) is 12.1 Å². The van der Waals surface area contributed by atoms with Gasteiger partial charge in [-0.25, -0.2) is 4.79 Å². The van der Waals surface area contributed by atoms with Crippen molar-refractivity contribution in [3.05, 3.63) is 51.9 Å². The minimum atomic E-state index is -1.17. The molecule has 1 heterocycles. The summed E-state index contributed by atoms with van der Waals surface area (Å²) in [5, 5.41) is 16.8. The van der Waals surface area contributed by atoms with E-state index in [-0.39, 0.29) is 17.1 Å². The lowest BCUT2D eigenvalue weighted by Crippen LogP contribution is -2.30. The Morgan fingerprint density at radius 1 is 1.39 bits per heavy atom. The average Bonchev–Trinajstić information content (AvgIpc) is 2.94. The first-order valence-corrected chi connectivity index (χ1v) is 6.57. The van der Waals surface area contributed by atoms with Gasteiger partial charge in [0.15, 0.2) is 6.10 Å². The molecular formula is C14H13N3O6. The number of anilines is 1. The van der Waals surface area contributed by atoms with Gasteiger partial charge in [0.2, 0.25) is 5.76 Å². The number of aromatic nitrogens is 1. The van der Waals surface area contributed by atoms with Crippen LogP contribution in [0, 0.1) is 17.0 Å². The summed E-state index contributed by atoms with van der Waals surface area (Å²) in [4.78, 5) is 34.0. The zero-order valence-corrected chi connectivity index (χ0v) is 12.3. The second-order valence-corrected chi connectivity index (χ2v) is 4.64. The predicted molar refractivity (Wildman–Crippen MR) is 77.8 cm³/mol. The van der Waals surface area contributed by atoms with Crippen molar-refractivity contribution in [1.82, 2.24) is 5.16 Å². The van der Waals surface area contributed by atoms with Crippen molar-refractivity contribution >= 4 is 23.3 Å². The van der Waals surface area contributed by atoms with Gasteiger partial charge < -0.3 is 14.6 Å². The van der Waals surface area contributed by atoms with Crippen LogP contribution in [0.3, 0.4) is 0 Å². The van der Waals surface area contributed by atoms with Crippen molar-refractivity contribution in [3.8, 4) is 0 Å². The van der Waals surface area contributed by atoms with Crippen molar-refractivity contribution in [1.29, 1.82) is 0 Å². The van der Waals surface area contributed by atoms with Gasteiger partial charge >= 0.3 is 5.97 Å². The number of nitrogens with zero attached hydrogens (tertiary/aromatic N) is 2. The van der Waals surface area contributed by atoms with Gasteiger partial charge in [-0.1, -0.05) is 17.3 Å². The summed E-state index contributed by atoms with van der Waals surface area (Å²) >= 11 is 0. The van der Waals surface area contributed by atoms with Gasteiger partial charge in [-0.05, 0) is 19.9 Å². The smallest absolute Gasteiger partial charge is 0.377 e. The fourth-order valence-electron chi connectivity index (χ4n) is 1.70. The van der Waals surface area contributed by atoms with Gasteiger partial charge in [0.05, 0.1) is 10.6 Å². The summed E-state index contributed by atoms with van der Waals surface area (Å²) in [6, 6.07) is 7.02. The highest BCUT2D eigenvalue weighted by Gasteiger charge is 2.23. The Labute approximate surface area is 130 Å². The number of nitrogens with one attached hydrogen (secondary N) is 1. The third-order valence-corrected chi connectivity index (χ3v) is 2.84. The molecule has 0 aliphatic heterocycles. The lowest BCUT2D eigenvalue weighted by molar-refractivity contribution is -0.383. The topological polar surface area (TPSA) is 125 Å². The second kappa shape index (κ2) is 6.69. The van der Waals surface area contributed by atoms with Crippen LogP contribution in [-0.4, -0.2) is 28.1 Å². The Morgan fingerprint density at radius 3 is 2.70 bits per heavy atom. The molecule has 0 spiro atoms. The van der Waals surface area contributed by atoms with Crippen LogP contribution in [0.15, 0.2) is 34.9 Å². The molecule has 1 atom stereocenters. The first kappa shape index (κ1) is 16.1. The monoisotopic (exact) mass is 319 g/mol. The molecule has 23 heavy (non-hydrogen) atoms. The first-order valence-electron chi connectivity index (χ1n) is 6.57. The number of carbonyl (C=O) groups is 2. The Bertz CT molecular complexity index is 754. The van der Waals surface area contributed by atoms with Crippen LogP contribution in [0.25, 0.3) is 0 Å². The van der Waals surface area contributed by atoms with Crippen LogP contribution in [0.5, 0.6) is 0 Å². The van der Waals surface area contributed by atoms with Crippen LogP contribution in [0.1, 0.15) is 23.2 Å². The van der Waals surface area contributed by atoms with Crippen LogP contribution < -0.4 is 5.32 Å². The number of amides is 1. The number of para-hydroxylation sites is 2. The number of hydrogen-bond acceptors (Lipinski definition) is 7. The quantitative estimate of drug-likeness (QED) is 0.508. The maximum atomic E-state index is 12.0. The molecule has 0 radical (unpaired) electrons. The molecule has 120 valence electrons. The maximum Gasteiger partial charge on any atom is 0.377 e. The molecule has 9 nitrogen and oxygen atoms in total. The zero-order valence-electron chi connectivity index (χ0n) is 12.3. The molecule has 0 bridgehead atoms. The molecule has 2 rings (SSSR count). The van der Waals surface area contributed by atoms with Crippen LogP contribution in [0.2, 0.25) is 0 Å². The molecule has 9 heteroatoms. The maximum absolute atomic E-state index is 12.0. The highest BCUT2D eigenvalue weighted by molar-refractivity contribution is 5.98. The fraction of sp³-hybridized carbons (Fsp3) is 0.214. The standard InChI is InChI=1S/C14H13N3O6/c1-8-7-12(23-16-8)14(19)22-9(2)13(18)15-10-5-3-4-6-11(10)17(20)21/h3-7,9H,1-2H3,(H,15,18)/t9-/m0/s1. The van der Waals surface area contributed by atoms with E-state index in [0.717, 1.165) is 0 Å². The van der Waals surface area contributed by atoms with Gasteiger partial charge in [0.1, 0.15) is 5.69 Å². The van der Waals surface area contributed by atoms with Crippen LogP contribution >= 0.6 is 0 Å². The minimum Gasteiger partial charge on any atom is -0.447 e. The van der Waals surface area contributed by atoms with Crippen LogP contribution in [-0.2, 0) is 9.53 Å². The zero-order chi connectivity index (χ0) is 17.0. The Kier molecular flexibility index (Phi) is 4.69. The highest BCUT2D eigenvalue weighted by Crippen LogP contribution is 2.23. The van der Waals surface area contributed by atoms with E-state index >= 15 is 0 Å². The number of esters is 1. The molecule has 0 aliphatic carbocycles. The number of ether oxygens (including phenoxy) is 1. The third-order valence-electron chi connectivity index (χ3n) is 2.84. The molecule has 0 aliphatic rings. The normalized spacial score (nSPS) is 11.6. The Hall–Kier alpha value is -3.23. The lowest BCUT2D eigenvalue weighted by Gasteiger charge is -2.12. The van der Waals surface area contributed by atoms with Crippen molar-refractivity contribution in [2.45, 2.75) is 20.0 Å². The molecular weight excluding hydrogens is 306 g/mol. The molecule has 1 N–H and O–H groups in total. The van der Waals surface area contributed by atoms with Gasteiger partial charge in [0.25, 0.3) is 11.6 Å². The van der Waals surface area contributed by atoms with E-state index in [4.69, 9.17) is 9.26 Å². The molecule has 2 aromatic rings. The SMILES string of the molecule is Cc1cc(C(=O)O[C@@H](C)C(=O)Nc2ccccc2[N+](=O)[O-])on1. The number of carbonyl (C=O) groups excluding carboxylic acids is 2. The highest BCUT2D eigenvalue weighted by atomic mass is 16.6.